The van der Waals surface area contributed by atoms with Crippen molar-refractivity contribution in [2.45, 2.75) is 64.1 Å². The van der Waals surface area contributed by atoms with Crippen molar-refractivity contribution in [3.05, 3.63) is 48.2 Å². The maximum absolute atomic E-state index is 12.4. The minimum atomic E-state index is -0.534. The molecule has 8 nitrogen and oxygen atoms in total. The van der Waals surface area contributed by atoms with E-state index >= 15 is 0 Å². The zero-order chi connectivity index (χ0) is 23.6. The molecule has 2 aromatic heterocycles. The van der Waals surface area contributed by atoms with Gasteiger partial charge >= 0.3 is 6.09 Å². The average Bonchev–Trinajstić information content (AvgIpc) is 3.16. The SMILES string of the molecule is CNC(=O)c1ccc2c(c1)nc(-c1ccccn1)n2[C@@H]1CCC[C@H](NC(=O)OC(C)(C)C)C1. The predicted molar refractivity (Wildman–Crippen MR) is 127 cm³/mol. The minimum absolute atomic E-state index is 0.0118. The van der Waals surface area contributed by atoms with Gasteiger partial charge in [-0.25, -0.2) is 9.78 Å². The van der Waals surface area contributed by atoms with Crippen LogP contribution in [-0.4, -0.2) is 45.2 Å². The van der Waals surface area contributed by atoms with Gasteiger partial charge in [-0.3, -0.25) is 9.78 Å². The second kappa shape index (κ2) is 9.21. The van der Waals surface area contributed by atoms with Crippen LogP contribution in [0.25, 0.3) is 22.6 Å². The lowest BCUT2D eigenvalue weighted by Gasteiger charge is -2.32. The molecule has 1 aliphatic carbocycles. The number of imidazole rings is 1. The Hall–Kier alpha value is -3.42. The third kappa shape index (κ3) is 5.16. The highest BCUT2D eigenvalue weighted by Gasteiger charge is 2.29. The van der Waals surface area contributed by atoms with E-state index in [1.165, 1.54) is 0 Å². The van der Waals surface area contributed by atoms with Crippen molar-refractivity contribution in [3.8, 4) is 11.5 Å². The van der Waals surface area contributed by atoms with Gasteiger partial charge in [-0.15, -0.1) is 0 Å². The van der Waals surface area contributed by atoms with Gasteiger partial charge in [-0.2, -0.15) is 0 Å². The number of nitrogens with zero attached hydrogens (tertiary/aromatic N) is 3. The molecule has 0 saturated heterocycles. The molecule has 0 unspecified atom stereocenters. The number of carbonyl (C=O) groups is 2. The van der Waals surface area contributed by atoms with Crippen molar-refractivity contribution in [1.82, 2.24) is 25.2 Å². The number of hydrogen-bond donors (Lipinski definition) is 2. The summed E-state index contributed by atoms with van der Waals surface area (Å²) in [5, 5.41) is 5.71. The van der Waals surface area contributed by atoms with Crippen molar-refractivity contribution < 1.29 is 14.3 Å². The van der Waals surface area contributed by atoms with Crippen LogP contribution < -0.4 is 10.6 Å². The summed E-state index contributed by atoms with van der Waals surface area (Å²) < 4.78 is 7.68. The molecule has 2 heterocycles. The van der Waals surface area contributed by atoms with Crippen LogP contribution in [0.5, 0.6) is 0 Å². The van der Waals surface area contributed by atoms with E-state index in [1.807, 2.05) is 57.2 Å². The standard InChI is InChI=1S/C25H31N5O3/c1-25(2,3)33-24(32)28-17-8-7-9-18(15-17)30-21-12-11-16(23(31)26-4)14-20(21)29-22(30)19-10-5-6-13-27-19/h5-6,10-14,17-18H,7-9,15H2,1-4H3,(H,26,31)(H,28,32)/t17-,18+/m0/s1. The van der Waals surface area contributed by atoms with E-state index in [2.05, 4.69) is 20.2 Å². The number of amides is 2. The fraction of sp³-hybridized carbons (Fsp3) is 0.440. The Bertz CT molecular complexity index is 1150. The molecule has 0 bridgehead atoms. The van der Waals surface area contributed by atoms with Crippen LogP contribution in [0, 0.1) is 0 Å². The third-order valence-corrected chi connectivity index (χ3v) is 5.81. The molecule has 0 aliphatic heterocycles. The third-order valence-electron chi connectivity index (χ3n) is 5.81. The Morgan fingerprint density at radius 1 is 1.15 bits per heavy atom. The maximum atomic E-state index is 12.4. The molecular weight excluding hydrogens is 418 g/mol. The van der Waals surface area contributed by atoms with Gasteiger partial charge in [0.1, 0.15) is 11.3 Å². The van der Waals surface area contributed by atoms with Crippen molar-refractivity contribution in [2.75, 3.05) is 7.05 Å². The molecular formula is C25H31N5O3. The number of hydrogen-bond acceptors (Lipinski definition) is 5. The monoisotopic (exact) mass is 449 g/mol. The number of pyridine rings is 1. The summed E-state index contributed by atoms with van der Waals surface area (Å²) in [6.45, 7) is 5.58. The van der Waals surface area contributed by atoms with Crippen LogP contribution in [0.4, 0.5) is 4.79 Å². The summed E-state index contributed by atoms with van der Waals surface area (Å²) in [4.78, 5) is 33.9. The Kier molecular flexibility index (Phi) is 6.35. The number of rotatable bonds is 4. The summed E-state index contributed by atoms with van der Waals surface area (Å²) >= 11 is 0. The van der Waals surface area contributed by atoms with Gasteiger partial charge in [0.05, 0.1) is 11.0 Å². The molecule has 1 fully saturated rings. The number of ether oxygens (including phenoxy) is 1. The molecule has 0 radical (unpaired) electrons. The normalized spacial score (nSPS) is 18.7. The second-order valence-electron chi connectivity index (χ2n) is 9.47. The summed E-state index contributed by atoms with van der Waals surface area (Å²) in [7, 11) is 1.62. The van der Waals surface area contributed by atoms with Gasteiger partial charge < -0.3 is 19.9 Å². The Balaban J connectivity index is 1.69. The lowest BCUT2D eigenvalue weighted by atomic mass is 9.90. The second-order valence-corrected chi connectivity index (χ2v) is 9.47. The molecule has 33 heavy (non-hydrogen) atoms. The van der Waals surface area contributed by atoms with Gasteiger partial charge in [0.25, 0.3) is 5.91 Å². The number of alkyl carbamates (subject to hydrolysis) is 1. The molecule has 3 aromatic rings. The maximum Gasteiger partial charge on any atom is 0.407 e. The highest BCUT2D eigenvalue weighted by atomic mass is 16.6. The van der Waals surface area contributed by atoms with Crippen molar-refractivity contribution in [3.63, 3.8) is 0 Å². The van der Waals surface area contributed by atoms with Crippen LogP contribution in [0.1, 0.15) is 62.9 Å². The quantitative estimate of drug-likeness (QED) is 0.613. The van der Waals surface area contributed by atoms with Crippen LogP contribution in [0.3, 0.4) is 0 Å². The van der Waals surface area contributed by atoms with E-state index in [4.69, 9.17) is 9.72 Å². The van der Waals surface area contributed by atoms with Crippen LogP contribution >= 0.6 is 0 Å². The predicted octanol–water partition coefficient (Wildman–Crippen LogP) is 4.47. The molecule has 1 aromatic carbocycles. The molecule has 0 spiro atoms. The van der Waals surface area contributed by atoms with Crippen molar-refractivity contribution in [2.24, 2.45) is 0 Å². The Labute approximate surface area is 193 Å². The highest BCUT2D eigenvalue weighted by Crippen LogP contribution is 2.36. The van der Waals surface area contributed by atoms with Crippen LogP contribution in [0.15, 0.2) is 42.6 Å². The molecule has 1 saturated carbocycles. The Morgan fingerprint density at radius 3 is 2.67 bits per heavy atom. The zero-order valence-electron chi connectivity index (χ0n) is 19.6. The number of nitrogens with one attached hydrogen (secondary N) is 2. The molecule has 2 N–H and O–H groups in total. The smallest absolute Gasteiger partial charge is 0.407 e. The fourth-order valence-corrected chi connectivity index (χ4v) is 4.43. The highest BCUT2D eigenvalue weighted by molar-refractivity contribution is 5.97. The first-order valence-corrected chi connectivity index (χ1v) is 11.4. The van der Waals surface area contributed by atoms with Crippen LogP contribution in [0.2, 0.25) is 0 Å². The fourth-order valence-electron chi connectivity index (χ4n) is 4.43. The summed E-state index contributed by atoms with van der Waals surface area (Å²) in [6.07, 6.45) is 4.98. The minimum Gasteiger partial charge on any atom is -0.444 e. The molecule has 1 aliphatic rings. The summed E-state index contributed by atoms with van der Waals surface area (Å²) in [6, 6.07) is 11.5. The average molecular weight is 450 g/mol. The molecule has 2 atom stereocenters. The van der Waals surface area contributed by atoms with E-state index in [0.717, 1.165) is 48.2 Å². The Morgan fingerprint density at radius 2 is 1.97 bits per heavy atom. The molecule has 8 heteroatoms. The topological polar surface area (TPSA) is 98.1 Å². The van der Waals surface area contributed by atoms with Crippen molar-refractivity contribution >= 4 is 23.0 Å². The van der Waals surface area contributed by atoms with Gasteiger partial charge in [0.2, 0.25) is 0 Å². The number of fused-ring (bicyclic) bond motifs is 1. The van der Waals surface area contributed by atoms with E-state index in [-0.39, 0.29) is 24.1 Å². The number of benzene rings is 1. The van der Waals surface area contributed by atoms with Gasteiger partial charge in [-0.1, -0.05) is 6.07 Å². The molecule has 174 valence electrons. The van der Waals surface area contributed by atoms with Crippen molar-refractivity contribution in [1.29, 1.82) is 0 Å². The zero-order valence-corrected chi connectivity index (χ0v) is 19.6. The lowest BCUT2D eigenvalue weighted by Crippen LogP contribution is -2.41. The van der Waals surface area contributed by atoms with Gasteiger partial charge in [0.15, 0.2) is 5.82 Å². The van der Waals surface area contributed by atoms with Gasteiger partial charge in [0, 0.05) is 30.9 Å². The molecule has 4 rings (SSSR count). The molecule has 2 amide bonds. The van der Waals surface area contributed by atoms with E-state index in [1.54, 1.807) is 13.2 Å². The van der Waals surface area contributed by atoms with Crippen LogP contribution in [-0.2, 0) is 4.74 Å². The number of aromatic nitrogens is 3. The summed E-state index contributed by atoms with van der Waals surface area (Å²) in [5.41, 5.74) is 2.51. The first-order chi connectivity index (χ1) is 15.7. The summed E-state index contributed by atoms with van der Waals surface area (Å²) in [5.74, 6) is 0.618. The van der Waals surface area contributed by atoms with E-state index in [0.29, 0.717) is 5.56 Å². The van der Waals surface area contributed by atoms with E-state index in [9.17, 15) is 9.59 Å². The van der Waals surface area contributed by atoms with E-state index < -0.39 is 5.60 Å². The first-order valence-electron chi connectivity index (χ1n) is 11.4. The number of carbonyl (C=O) groups excluding carboxylic acids is 2. The largest absolute Gasteiger partial charge is 0.444 e. The lowest BCUT2D eigenvalue weighted by molar-refractivity contribution is 0.0486. The first kappa shape index (κ1) is 22.8. The van der Waals surface area contributed by atoms with Gasteiger partial charge in [-0.05, 0) is 76.8 Å².